The minimum Gasteiger partial charge on any atom is -0.394 e. The van der Waals surface area contributed by atoms with Crippen molar-refractivity contribution in [3.8, 4) is 0 Å². The number of nitrogens with one attached hydrogen (secondary N) is 2. The standard InChI is InChI=1S/C46H78N2O35/c1-10-21(54)28(61)32(65)42(74-10)73-9-18-38(26(59)19(40(70)75-18)47-11(2)52)81-41-20(48-12(3)53)27(60)37(15(6-51)78-41)82-46-36(69)39(83-45-35(68)30(63)23(56)14(5-50)77-45)25(58)17(80-46)8-72-44-34(67)31(64)24(57)16(79-44)7-71-43-33(66)29(62)22(55)13(4-49)76-43/h10,13-46,49-51,54-70H,4-9H2,1-3H3,(H,47,52)(H,48,53)/t10-,13+,14+,15+,16+,17+,18+,19+,20+,21+,22-,23+,24+,25+,26+,27+,28+,29-,30-,31-,32-,33+,34-,35-,36-,37+,38+,39-,40+,41-,42+,43+,44-,45+,46-/m0/s1. The van der Waals surface area contributed by atoms with E-state index in [0.29, 0.717) is 0 Å². The van der Waals surface area contributed by atoms with Crippen LogP contribution in [0.2, 0.25) is 0 Å². The average molecular weight is 1220 g/mol. The Labute approximate surface area is 470 Å². The lowest BCUT2D eigenvalue weighted by atomic mass is 9.94. The first-order valence-corrected chi connectivity index (χ1v) is 26.5. The van der Waals surface area contributed by atoms with E-state index in [9.17, 15) is 112 Å². The van der Waals surface area contributed by atoms with E-state index in [-0.39, 0.29) is 0 Å². The summed E-state index contributed by atoms with van der Waals surface area (Å²) < 4.78 is 74.3. The quantitative estimate of drug-likeness (QED) is 0.0538. The van der Waals surface area contributed by atoms with E-state index in [1.54, 1.807) is 0 Å². The van der Waals surface area contributed by atoms with Gasteiger partial charge in [0.15, 0.2) is 44.0 Å². The number of aliphatic hydroxyl groups excluding tert-OH is 20. The van der Waals surface area contributed by atoms with Crippen LogP contribution in [0.5, 0.6) is 0 Å². The second-order valence-corrected chi connectivity index (χ2v) is 21.1. The second-order valence-electron chi connectivity index (χ2n) is 21.1. The van der Waals surface area contributed by atoms with Gasteiger partial charge in [-0.25, -0.2) is 0 Å². The van der Waals surface area contributed by atoms with Gasteiger partial charge >= 0.3 is 0 Å². The van der Waals surface area contributed by atoms with Gasteiger partial charge in [-0.2, -0.15) is 0 Å². The largest absolute Gasteiger partial charge is 0.394 e. The van der Waals surface area contributed by atoms with E-state index >= 15 is 0 Å². The van der Waals surface area contributed by atoms with Crippen molar-refractivity contribution in [2.75, 3.05) is 39.6 Å². The fourth-order valence-electron chi connectivity index (χ4n) is 10.4. The molecule has 7 aliphatic heterocycles. The van der Waals surface area contributed by atoms with Gasteiger partial charge in [-0.15, -0.1) is 0 Å². The van der Waals surface area contributed by atoms with E-state index in [1.165, 1.54) is 6.92 Å². The summed E-state index contributed by atoms with van der Waals surface area (Å²) in [5, 5.41) is 220. The Bertz CT molecular complexity index is 2040. The van der Waals surface area contributed by atoms with Gasteiger partial charge in [0.1, 0.15) is 165 Å². The van der Waals surface area contributed by atoms with Gasteiger partial charge < -0.3 is 174 Å². The molecule has 0 aromatic rings. The van der Waals surface area contributed by atoms with Gasteiger partial charge in [0, 0.05) is 13.8 Å². The van der Waals surface area contributed by atoms with E-state index in [0.717, 1.165) is 13.8 Å². The summed E-state index contributed by atoms with van der Waals surface area (Å²) in [5.74, 6) is -1.65. The van der Waals surface area contributed by atoms with Crippen LogP contribution in [0.4, 0.5) is 0 Å². The molecule has 7 aliphatic rings. The zero-order valence-electron chi connectivity index (χ0n) is 44.5. The average Bonchev–Trinajstić information content (AvgIpc) is 3.50. The molecular formula is C46H78N2O35. The number of carbonyl (C=O) groups is 2. The highest BCUT2D eigenvalue weighted by Crippen LogP contribution is 2.36. The number of amides is 2. The van der Waals surface area contributed by atoms with E-state index in [4.69, 9.17) is 61.6 Å². The zero-order chi connectivity index (χ0) is 61.2. The third kappa shape index (κ3) is 15.0. The van der Waals surface area contributed by atoms with Crippen LogP contribution in [0.15, 0.2) is 0 Å². The Hall–Kier alpha value is -2.38. The lowest BCUT2D eigenvalue weighted by Gasteiger charge is -2.50. The van der Waals surface area contributed by atoms with E-state index in [1.807, 2.05) is 0 Å². The Kier molecular flexibility index (Phi) is 24.0. The molecule has 482 valence electrons. The number of aliphatic hydroxyl groups is 20. The van der Waals surface area contributed by atoms with Crippen molar-refractivity contribution in [2.24, 2.45) is 0 Å². The normalized spacial score (nSPS) is 50.8. The summed E-state index contributed by atoms with van der Waals surface area (Å²) in [4.78, 5) is 25.0. The summed E-state index contributed by atoms with van der Waals surface area (Å²) in [6.07, 6.45) is -62.2. The molecule has 83 heavy (non-hydrogen) atoms. The van der Waals surface area contributed by atoms with Crippen LogP contribution in [-0.4, -0.2) is 368 Å². The van der Waals surface area contributed by atoms with Gasteiger partial charge in [-0.3, -0.25) is 9.59 Å². The molecule has 0 saturated carbocycles. The van der Waals surface area contributed by atoms with Gasteiger partial charge in [0.05, 0.1) is 45.7 Å². The van der Waals surface area contributed by atoms with Crippen LogP contribution in [0.3, 0.4) is 0 Å². The molecule has 0 unspecified atom stereocenters. The van der Waals surface area contributed by atoms with Crippen molar-refractivity contribution in [2.45, 2.75) is 236 Å². The molecule has 7 saturated heterocycles. The summed E-state index contributed by atoms with van der Waals surface area (Å²) in [6.45, 7) is -2.04. The number of hydrogen-bond acceptors (Lipinski definition) is 35. The molecular weight excluding hydrogens is 1140 g/mol. The first kappa shape index (κ1) is 68.1. The van der Waals surface area contributed by atoms with E-state index < -0.39 is 266 Å². The molecule has 37 heteroatoms. The molecule has 7 fully saturated rings. The SMILES string of the molecule is CC(=O)N[C@@H]1[C@@H](O)[C@H](O[C@@H]2O[C@H](CO)[C@@H](O[C@@H]3O[C@H](CO[C@H]4O[C@H](CO[C@@H]5O[C@H](CO)[C@H](O)[C@H](O)[C@H]5O)[C@@H](O)[C@H](O)[C@@H]4O)[C@@H](O)[C@H](O[C@H]4O[C@H](CO)[C@@H](O)[C@H](O)[C@@H]4O)[C@@H]3O)[C@H](O)[C@H]2NC(C)=O)[C@@H](CO[C@@H]2O[C@@H](C)[C@@H](O)[C@@H](O)[C@@H]2O)O[C@H]1O. The van der Waals surface area contributed by atoms with Crippen LogP contribution in [-0.2, 0) is 71.2 Å². The van der Waals surface area contributed by atoms with Crippen molar-refractivity contribution < 1.29 is 173 Å². The minimum absolute atomic E-state index is 0.757. The first-order chi connectivity index (χ1) is 39.1. The maximum absolute atomic E-state index is 12.8. The smallest absolute Gasteiger partial charge is 0.217 e. The number of rotatable bonds is 20. The molecule has 22 N–H and O–H groups in total. The van der Waals surface area contributed by atoms with Gasteiger partial charge in [0.25, 0.3) is 0 Å². The zero-order valence-corrected chi connectivity index (χ0v) is 44.5. The van der Waals surface area contributed by atoms with E-state index in [2.05, 4.69) is 10.6 Å². The predicted molar refractivity (Wildman–Crippen MR) is 254 cm³/mol. The monoisotopic (exact) mass is 1220 g/mol. The molecule has 0 bridgehead atoms. The molecule has 0 aliphatic carbocycles. The van der Waals surface area contributed by atoms with Crippen molar-refractivity contribution in [3.63, 3.8) is 0 Å². The Balaban J connectivity index is 1.12. The number of carbonyl (C=O) groups excluding carboxylic acids is 2. The van der Waals surface area contributed by atoms with Crippen LogP contribution < -0.4 is 10.6 Å². The van der Waals surface area contributed by atoms with Crippen molar-refractivity contribution >= 4 is 11.8 Å². The molecule has 0 radical (unpaired) electrons. The highest BCUT2D eigenvalue weighted by atomic mass is 16.8. The third-order valence-corrected chi connectivity index (χ3v) is 15.2. The van der Waals surface area contributed by atoms with Gasteiger partial charge in [-0.1, -0.05) is 0 Å². The number of hydrogen-bond donors (Lipinski definition) is 22. The van der Waals surface area contributed by atoms with Crippen LogP contribution in [0.25, 0.3) is 0 Å². The Morgan fingerprint density at radius 3 is 1.20 bits per heavy atom. The van der Waals surface area contributed by atoms with Crippen molar-refractivity contribution in [3.05, 3.63) is 0 Å². The summed E-state index contributed by atoms with van der Waals surface area (Å²) in [6, 6.07) is -3.49. The Morgan fingerprint density at radius 1 is 0.337 bits per heavy atom. The molecule has 35 atom stereocenters. The maximum Gasteiger partial charge on any atom is 0.217 e. The fraction of sp³-hybridized carbons (Fsp3) is 0.957. The van der Waals surface area contributed by atoms with Crippen molar-refractivity contribution in [1.29, 1.82) is 0 Å². The third-order valence-electron chi connectivity index (χ3n) is 15.2. The van der Waals surface area contributed by atoms with Gasteiger partial charge in [0.2, 0.25) is 11.8 Å². The lowest BCUT2D eigenvalue weighted by molar-refractivity contribution is -0.384. The number of ether oxygens (including phenoxy) is 13. The molecule has 0 spiro atoms. The molecule has 7 heterocycles. The Morgan fingerprint density at radius 2 is 0.687 bits per heavy atom. The van der Waals surface area contributed by atoms with Gasteiger partial charge in [-0.05, 0) is 6.92 Å². The maximum atomic E-state index is 12.8. The van der Waals surface area contributed by atoms with Crippen LogP contribution in [0.1, 0.15) is 20.8 Å². The molecule has 0 aromatic carbocycles. The van der Waals surface area contributed by atoms with Crippen molar-refractivity contribution in [1.82, 2.24) is 10.6 Å². The summed E-state index contributed by atoms with van der Waals surface area (Å²) >= 11 is 0. The highest BCUT2D eigenvalue weighted by molar-refractivity contribution is 5.73. The van der Waals surface area contributed by atoms with Crippen LogP contribution >= 0.6 is 0 Å². The molecule has 2 amide bonds. The molecule has 7 rings (SSSR count). The summed E-state index contributed by atoms with van der Waals surface area (Å²) in [5.41, 5.74) is 0. The first-order valence-electron chi connectivity index (χ1n) is 26.5. The molecule has 37 nitrogen and oxygen atoms in total. The lowest BCUT2D eigenvalue weighted by Crippen LogP contribution is -2.70. The second kappa shape index (κ2) is 29.3. The minimum atomic E-state index is -2.31. The summed E-state index contributed by atoms with van der Waals surface area (Å²) in [7, 11) is 0. The fourth-order valence-corrected chi connectivity index (χ4v) is 10.4. The topological polar surface area (TPSA) is 583 Å². The highest BCUT2D eigenvalue weighted by Gasteiger charge is 2.57. The molecule has 0 aromatic heterocycles. The predicted octanol–water partition coefficient (Wildman–Crippen LogP) is -15.0. The van der Waals surface area contributed by atoms with Crippen LogP contribution in [0, 0.1) is 0 Å².